The number of rotatable bonds is 4. The van der Waals surface area contributed by atoms with E-state index in [2.05, 4.69) is 9.97 Å². The lowest BCUT2D eigenvalue weighted by Gasteiger charge is -2.19. The Kier molecular flexibility index (Phi) is 4.25. The monoisotopic (exact) mass is 331 g/mol. The Labute approximate surface area is 127 Å². The molecular formula is C13H15ClFN3O2S. The van der Waals surface area contributed by atoms with Gasteiger partial charge in [0, 0.05) is 18.0 Å². The molecule has 8 heteroatoms. The van der Waals surface area contributed by atoms with Crippen LogP contribution >= 0.6 is 11.6 Å². The van der Waals surface area contributed by atoms with Crippen molar-refractivity contribution in [2.75, 3.05) is 11.4 Å². The Hall–Kier alpha value is -1.60. The SMILES string of the molecule is CC(C)c1ncc(S(=O)(=O)N(C)c2ccc(Cl)cc2F)[nH]1. The molecule has 0 amide bonds. The molecule has 1 heterocycles. The Morgan fingerprint density at radius 3 is 2.57 bits per heavy atom. The highest BCUT2D eigenvalue weighted by Crippen LogP contribution is 2.26. The number of halogens is 2. The van der Waals surface area contributed by atoms with E-state index >= 15 is 0 Å². The number of anilines is 1. The van der Waals surface area contributed by atoms with Gasteiger partial charge >= 0.3 is 0 Å². The Morgan fingerprint density at radius 2 is 2.05 bits per heavy atom. The third-order valence-corrected chi connectivity index (χ3v) is 4.92. The number of H-pyrrole nitrogens is 1. The number of hydrogen-bond acceptors (Lipinski definition) is 3. The largest absolute Gasteiger partial charge is 0.331 e. The maximum absolute atomic E-state index is 13.9. The lowest BCUT2D eigenvalue weighted by atomic mass is 10.2. The first kappa shape index (κ1) is 15.8. The van der Waals surface area contributed by atoms with Crippen molar-refractivity contribution in [2.45, 2.75) is 24.8 Å². The highest BCUT2D eigenvalue weighted by Gasteiger charge is 2.26. The zero-order valence-electron chi connectivity index (χ0n) is 11.8. The predicted octanol–water partition coefficient (Wildman–Crippen LogP) is 3.15. The van der Waals surface area contributed by atoms with Crippen LogP contribution in [0.5, 0.6) is 0 Å². The van der Waals surface area contributed by atoms with Crippen LogP contribution in [0.25, 0.3) is 0 Å². The van der Waals surface area contributed by atoms with Crippen molar-refractivity contribution < 1.29 is 12.8 Å². The third kappa shape index (κ3) is 3.03. The molecule has 0 unspecified atom stereocenters. The number of nitrogens with zero attached hydrogens (tertiary/aromatic N) is 2. The molecule has 0 aliphatic carbocycles. The maximum atomic E-state index is 13.9. The van der Waals surface area contributed by atoms with Crippen LogP contribution in [0.15, 0.2) is 29.4 Å². The van der Waals surface area contributed by atoms with Gasteiger partial charge in [0.05, 0.1) is 11.9 Å². The van der Waals surface area contributed by atoms with Gasteiger partial charge in [-0.2, -0.15) is 8.42 Å². The van der Waals surface area contributed by atoms with Crippen molar-refractivity contribution in [1.82, 2.24) is 9.97 Å². The van der Waals surface area contributed by atoms with E-state index in [0.29, 0.717) is 5.82 Å². The van der Waals surface area contributed by atoms with Gasteiger partial charge in [-0.3, -0.25) is 4.31 Å². The summed E-state index contributed by atoms with van der Waals surface area (Å²) in [6.07, 6.45) is 1.23. The molecule has 2 rings (SSSR count). The van der Waals surface area contributed by atoms with Gasteiger partial charge < -0.3 is 4.98 Å². The van der Waals surface area contributed by atoms with Crippen molar-refractivity contribution in [2.24, 2.45) is 0 Å². The molecule has 2 aromatic rings. The molecule has 5 nitrogen and oxygen atoms in total. The number of imidazole rings is 1. The highest BCUT2D eigenvalue weighted by atomic mass is 35.5. The summed E-state index contributed by atoms with van der Waals surface area (Å²) in [6.45, 7) is 3.77. The topological polar surface area (TPSA) is 66.1 Å². The molecule has 114 valence electrons. The van der Waals surface area contributed by atoms with E-state index in [1.54, 1.807) is 0 Å². The first-order valence-corrected chi connectivity index (χ1v) is 8.04. The van der Waals surface area contributed by atoms with Gasteiger partial charge in [-0.25, -0.2) is 9.37 Å². The number of sulfonamides is 1. The van der Waals surface area contributed by atoms with Crippen LogP contribution < -0.4 is 4.31 Å². The van der Waals surface area contributed by atoms with Gasteiger partial charge in [-0.05, 0) is 18.2 Å². The number of hydrogen-bond donors (Lipinski definition) is 1. The molecule has 0 bridgehead atoms. The average molecular weight is 332 g/mol. The number of nitrogens with one attached hydrogen (secondary N) is 1. The molecule has 0 spiro atoms. The minimum absolute atomic E-state index is 0.0616. The quantitative estimate of drug-likeness (QED) is 0.935. The van der Waals surface area contributed by atoms with Gasteiger partial charge in [0.15, 0.2) is 5.03 Å². The van der Waals surface area contributed by atoms with Crippen molar-refractivity contribution >= 4 is 27.3 Å². The van der Waals surface area contributed by atoms with Crippen LogP contribution in [-0.4, -0.2) is 25.4 Å². The average Bonchev–Trinajstić information content (AvgIpc) is 2.88. The zero-order chi connectivity index (χ0) is 15.8. The molecule has 21 heavy (non-hydrogen) atoms. The molecule has 0 aliphatic rings. The standard InChI is InChI=1S/C13H15ClFN3O2S/c1-8(2)13-16-7-12(17-13)21(19,20)18(3)11-5-4-9(14)6-10(11)15/h4-8H,1-3H3,(H,16,17). The van der Waals surface area contributed by atoms with Crippen molar-refractivity contribution in [3.8, 4) is 0 Å². The normalized spacial score (nSPS) is 11.9. The summed E-state index contributed by atoms with van der Waals surface area (Å²) in [5.41, 5.74) is -0.0832. The molecule has 1 N–H and O–H groups in total. The van der Waals surface area contributed by atoms with E-state index in [1.807, 2.05) is 13.8 Å². The Bertz CT molecular complexity index is 759. The van der Waals surface area contributed by atoms with Gasteiger partial charge in [-0.15, -0.1) is 0 Å². The molecular weight excluding hydrogens is 317 g/mol. The second-order valence-corrected chi connectivity index (χ2v) is 7.23. The second kappa shape index (κ2) is 5.65. The third-order valence-electron chi connectivity index (χ3n) is 3.01. The number of benzene rings is 1. The smallest absolute Gasteiger partial charge is 0.281 e. The summed E-state index contributed by atoms with van der Waals surface area (Å²) in [4.78, 5) is 6.76. The van der Waals surface area contributed by atoms with E-state index in [4.69, 9.17) is 11.6 Å². The van der Waals surface area contributed by atoms with Crippen LogP contribution in [0.2, 0.25) is 5.02 Å². The summed E-state index contributed by atoms with van der Waals surface area (Å²) in [5, 5.41) is 0.119. The predicted molar refractivity (Wildman–Crippen MR) is 79.7 cm³/mol. The van der Waals surface area contributed by atoms with Crippen LogP contribution in [0.4, 0.5) is 10.1 Å². The van der Waals surface area contributed by atoms with Gasteiger partial charge in [0.2, 0.25) is 0 Å². The summed E-state index contributed by atoms with van der Waals surface area (Å²) < 4.78 is 39.6. The fourth-order valence-corrected chi connectivity index (χ4v) is 3.04. The van der Waals surface area contributed by atoms with E-state index in [-0.39, 0.29) is 21.7 Å². The molecule has 0 fully saturated rings. The van der Waals surface area contributed by atoms with Crippen LogP contribution in [0.3, 0.4) is 0 Å². The molecule has 0 aliphatic heterocycles. The van der Waals surface area contributed by atoms with Crippen LogP contribution in [0.1, 0.15) is 25.6 Å². The molecule has 1 aromatic carbocycles. The van der Waals surface area contributed by atoms with Gasteiger partial charge in [0.25, 0.3) is 10.0 Å². The van der Waals surface area contributed by atoms with Crippen molar-refractivity contribution in [3.05, 3.63) is 41.1 Å². The fourth-order valence-electron chi connectivity index (χ4n) is 1.76. The number of aromatic nitrogens is 2. The fraction of sp³-hybridized carbons (Fsp3) is 0.308. The zero-order valence-corrected chi connectivity index (χ0v) is 13.3. The lowest BCUT2D eigenvalue weighted by Crippen LogP contribution is -2.27. The van der Waals surface area contributed by atoms with E-state index in [1.165, 1.54) is 25.4 Å². The molecule has 1 aromatic heterocycles. The van der Waals surface area contributed by atoms with Gasteiger partial charge in [-0.1, -0.05) is 25.4 Å². The Balaban J connectivity index is 2.42. The summed E-state index contributed by atoms with van der Waals surface area (Å²) >= 11 is 5.67. The lowest BCUT2D eigenvalue weighted by molar-refractivity contribution is 0.586. The van der Waals surface area contributed by atoms with Crippen LogP contribution in [0, 0.1) is 5.82 Å². The van der Waals surface area contributed by atoms with E-state index in [9.17, 15) is 12.8 Å². The van der Waals surface area contributed by atoms with Crippen molar-refractivity contribution in [1.29, 1.82) is 0 Å². The van der Waals surface area contributed by atoms with E-state index in [0.717, 1.165) is 10.4 Å². The number of aromatic amines is 1. The minimum Gasteiger partial charge on any atom is -0.331 e. The highest BCUT2D eigenvalue weighted by molar-refractivity contribution is 7.92. The second-order valence-electron chi connectivity index (χ2n) is 4.86. The van der Waals surface area contributed by atoms with Crippen LogP contribution in [-0.2, 0) is 10.0 Å². The molecule has 0 radical (unpaired) electrons. The maximum Gasteiger partial charge on any atom is 0.281 e. The summed E-state index contributed by atoms with van der Waals surface area (Å²) in [5.74, 6) is -0.0951. The van der Waals surface area contributed by atoms with E-state index < -0.39 is 15.8 Å². The molecule has 0 saturated carbocycles. The summed E-state index contributed by atoms with van der Waals surface area (Å²) in [7, 11) is -2.63. The molecule has 0 saturated heterocycles. The first-order chi connectivity index (χ1) is 9.73. The van der Waals surface area contributed by atoms with Crippen molar-refractivity contribution in [3.63, 3.8) is 0 Å². The minimum atomic E-state index is -3.91. The van der Waals surface area contributed by atoms with Gasteiger partial charge in [0.1, 0.15) is 11.6 Å². The molecule has 0 atom stereocenters. The first-order valence-electron chi connectivity index (χ1n) is 6.22. The summed E-state index contributed by atoms with van der Waals surface area (Å²) in [6, 6.07) is 3.81. The Morgan fingerprint density at radius 1 is 1.38 bits per heavy atom.